The van der Waals surface area contributed by atoms with Crippen molar-refractivity contribution in [3.05, 3.63) is 71.8 Å². The molecule has 0 aliphatic carbocycles. The molecule has 0 saturated heterocycles. The molecular weight excluding hydrogens is 321 g/mol. The summed E-state index contributed by atoms with van der Waals surface area (Å²) < 4.78 is 41.1. The van der Waals surface area contributed by atoms with E-state index in [-0.39, 0.29) is 6.42 Å². The number of para-hydroxylation sites is 1. The largest absolute Gasteiger partial charge is 0.323 e. The van der Waals surface area contributed by atoms with Crippen molar-refractivity contribution in [2.24, 2.45) is 0 Å². The zero-order valence-corrected chi connectivity index (χ0v) is 12.2. The Morgan fingerprint density at radius 2 is 1.79 bits per heavy atom. The number of anilines is 1. The number of carbonyl (C=O) groups is 1. The summed E-state index contributed by atoms with van der Waals surface area (Å²) >= 11 is 0. The van der Waals surface area contributed by atoms with E-state index in [0.29, 0.717) is 11.4 Å². The third-order valence-corrected chi connectivity index (χ3v) is 3.27. The minimum absolute atomic E-state index is 0.166. The summed E-state index contributed by atoms with van der Waals surface area (Å²) in [6.07, 6.45) is 1.23. The van der Waals surface area contributed by atoms with E-state index in [2.05, 4.69) is 15.6 Å². The monoisotopic (exact) mass is 332 g/mol. The number of nitrogens with zero attached hydrogens (tertiary/aromatic N) is 3. The number of benzene rings is 2. The van der Waals surface area contributed by atoms with Crippen LogP contribution in [0.25, 0.3) is 5.69 Å². The van der Waals surface area contributed by atoms with E-state index >= 15 is 0 Å². The number of hydrogen-bond donors (Lipinski definition) is 1. The molecule has 8 heteroatoms. The fourth-order valence-corrected chi connectivity index (χ4v) is 2.14. The molecule has 0 unspecified atom stereocenters. The fourth-order valence-electron chi connectivity index (χ4n) is 2.14. The Bertz CT molecular complexity index is 880. The highest BCUT2D eigenvalue weighted by molar-refractivity contribution is 5.92. The molecule has 0 aliphatic heterocycles. The van der Waals surface area contributed by atoms with Gasteiger partial charge in [-0.2, -0.15) is 0 Å². The average molecular weight is 332 g/mol. The Hall–Kier alpha value is -3.16. The molecule has 0 radical (unpaired) electrons. The molecule has 1 aromatic heterocycles. The molecule has 24 heavy (non-hydrogen) atoms. The number of aromatic nitrogens is 3. The van der Waals surface area contributed by atoms with Gasteiger partial charge in [-0.3, -0.25) is 4.79 Å². The van der Waals surface area contributed by atoms with Gasteiger partial charge in [0.1, 0.15) is 0 Å². The second-order valence-corrected chi connectivity index (χ2v) is 4.92. The molecule has 0 atom stereocenters. The number of rotatable bonds is 4. The third-order valence-electron chi connectivity index (χ3n) is 3.27. The Morgan fingerprint density at radius 1 is 1.04 bits per heavy atom. The van der Waals surface area contributed by atoms with Crippen LogP contribution >= 0.6 is 0 Å². The first kappa shape index (κ1) is 15.7. The Balaban J connectivity index is 1.77. The first-order chi connectivity index (χ1) is 11.6. The summed E-state index contributed by atoms with van der Waals surface area (Å²) in [6, 6.07) is 10.7. The third kappa shape index (κ3) is 3.12. The lowest BCUT2D eigenvalue weighted by molar-refractivity contribution is -0.115. The minimum atomic E-state index is -1.64. The summed E-state index contributed by atoms with van der Waals surface area (Å²) in [6.45, 7) is 0. The van der Waals surface area contributed by atoms with Gasteiger partial charge in [-0.25, -0.2) is 17.9 Å². The van der Waals surface area contributed by atoms with Crippen LogP contribution in [0.4, 0.5) is 18.9 Å². The predicted octanol–water partition coefficient (Wildman–Crippen LogP) is 2.87. The van der Waals surface area contributed by atoms with Crippen LogP contribution in [0, 0.1) is 17.5 Å². The normalized spacial score (nSPS) is 10.6. The molecule has 2 aromatic carbocycles. The highest BCUT2D eigenvalue weighted by Crippen LogP contribution is 2.20. The molecule has 122 valence electrons. The van der Waals surface area contributed by atoms with Gasteiger partial charge in [-0.05, 0) is 24.3 Å². The second-order valence-electron chi connectivity index (χ2n) is 4.92. The van der Waals surface area contributed by atoms with Gasteiger partial charge in [0.15, 0.2) is 17.5 Å². The van der Waals surface area contributed by atoms with Crippen LogP contribution in [-0.2, 0) is 11.2 Å². The summed E-state index contributed by atoms with van der Waals surface area (Å²) in [5.41, 5.74) is 0.733. The van der Waals surface area contributed by atoms with Crippen molar-refractivity contribution in [1.82, 2.24) is 15.0 Å². The van der Waals surface area contributed by atoms with Crippen LogP contribution in [-0.4, -0.2) is 20.9 Å². The van der Waals surface area contributed by atoms with Gasteiger partial charge in [0.25, 0.3) is 0 Å². The molecule has 1 heterocycles. The molecule has 1 amide bonds. The number of carbonyl (C=O) groups excluding carboxylic acids is 1. The summed E-state index contributed by atoms with van der Waals surface area (Å²) in [4.78, 5) is 12.0. The van der Waals surface area contributed by atoms with Gasteiger partial charge in [0.2, 0.25) is 5.91 Å². The van der Waals surface area contributed by atoms with Gasteiger partial charge in [-0.1, -0.05) is 23.4 Å². The minimum Gasteiger partial charge on any atom is -0.323 e. The van der Waals surface area contributed by atoms with Crippen LogP contribution in [0.5, 0.6) is 0 Å². The van der Waals surface area contributed by atoms with Crippen molar-refractivity contribution in [2.75, 3.05) is 5.32 Å². The molecule has 0 spiro atoms. The first-order valence-electron chi connectivity index (χ1n) is 6.94. The number of hydrogen-bond acceptors (Lipinski definition) is 3. The van der Waals surface area contributed by atoms with Crippen molar-refractivity contribution in [3.8, 4) is 5.69 Å². The predicted molar refractivity (Wildman–Crippen MR) is 80.0 cm³/mol. The first-order valence-corrected chi connectivity index (χ1v) is 6.94. The highest BCUT2D eigenvalue weighted by Gasteiger charge is 2.17. The molecule has 1 N–H and O–H groups in total. The van der Waals surface area contributed by atoms with Crippen LogP contribution in [0.3, 0.4) is 0 Å². The quantitative estimate of drug-likeness (QED) is 0.748. The summed E-state index contributed by atoms with van der Waals surface area (Å²) in [5.74, 6) is -5.02. The highest BCUT2D eigenvalue weighted by atomic mass is 19.2. The smallest absolute Gasteiger partial charge is 0.230 e. The Kier molecular flexibility index (Phi) is 4.28. The lowest BCUT2D eigenvalue weighted by atomic mass is 10.2. The van der Waals surface area contributed by atoms with Gasteiger partial charge in [0.05, 0.1) is 29.7 Å². The van der Waals surface area contributed by atoms with Gasteiger partial charge in [-0.15, -0.1) is 5.10 Å². The van der Waals surface area contributed by atoms with E-state index < -0.39 is 29.0 Å². The molecule has 5 nitrogen and oxygen atoms in total. The van der Waals surface area contributed by atoms with E-state index in [0.717, 1.165) is 12.1 Å². The lowest BCUT2D eigenvalue weighted by Gasteiger charge is -2.08. The van der Waals surface area contributed by atoms with E-state index in [4.69, 9.17) is 0 Å². The molecule has 3 aromatic rings. The molecular formula is C16H11F3N4O. The van der Waals surface area contributed by atoms with Crippen molar-refractivity contribution >= 4 is 11.6 Å². The van der Waals surface area contributed by atoms with Gasteiger partial charge < -0.3 is 5.32 Å². The molecule has 0 fully saturated rings. The van der Waals surface area contributed by atoms with Crippen LogP contribution in [0.15, 0.2) is 48.7 Å². The van der Waals surface area contributed by atoms with E-state index in [1.54, 1.807) is 24.3 Å². The summed E-state index contributed by atoms with van der Waals surface area (Å²) in [7, 11) is 0. The lowest BCUT2D eigenvalue weighted by Crippen LogP contribution is -2.18. The zero-order chi connectivity index (χ0) is 17.1. The molecule has 0 bridgehead atoms. The van der Waals surface area contributed by atoms with E-state index in [1.807, 2.05) is 6.07 Å². The maximum atomic E-state index is 13.6. The Morgan fingerprint density at radius 3 is 2.54 bits per heavy atom. The van der Waals surface area contributed by atoms with E-state index in [1.165, 1.54) is 10.9 Å². The van der Waals surface area contributed by atoms with Crippen molar-refractivity contribution in [1.29, 1.82) is 0 Å². The number of halogens is 3. The van der Waals surface area contributed by atoms with Crippen LogP contribution < -0.4 is 5.32 Å². The maximum Gasteiger partial charge on any atom is 0.230 e. The maximum absolute atomic E-state index is 13.6. The molecule has 3 rings (SSSR count). The van der Waals surface area contributed by atoms with Crippen molar-refractivity contribution < 1.29 is 18.0 Å². The topological polar surface area (TPSA) is 59.8 Å². The standard InChI is InChI=1S/C16H11F3N4O/c17-12-6-7-13(16(19)15(12)18)21-14(24)8-11-9-20-22-23(11)10-4-2-1-3-5-10/h1-7,9H,8H2,(H,21,24). The average Bonchev–Trinajstić information content (AvgIpc) is 3.04. The Labute approximate surface area is 134 Å². The SMILES string of the molecule is O=C(Cc1cnnn1-c1ccccc1)Nc1ccc(F)c(F)c1F. The van der Waals surface area contributed by atoms with Crippen molar-refractivity contribution in [3.63, 3.8) is 0 Å². The number of nitrogens with one attached hydrogen (secondary N) is 1. The summed E-state index contributed by atoms with van der Waals surface area (Å²) in [5, 5.41) is 9.85. The molecule has 0 saturated carbocycles. The zero-order valence-electron chi connectivity index (χ0n) is 12.2. The molecule has 0 aliphatic rings. The number of amides is 1. The van der Waals surface area contributed by atoms with Crippen LogP contribution in [0.2, 0.25) is 0 Å². The van der Waals surface area contributed by atoms with Gasteiger partial charge >= 0.3 is 0 Å². The second kappa shape index (κ2) is 6.53. The van der Waals surface area contributed by atoms with Crippen molar-refractivity contribution in [2.45, 2.75) is 6.42 Å². The fraction of sp³-hybridized carbons (Fsp3) is 0.0625. The van der Waals surface area contributed by atoms with Gasteiger partial charge in [0, 0.05) is 0 Å². The van der Waals surface area contributed by atoms with Crippen LogP contribution in [0.1, 0.15) is 5.69 Å². The van der Waals surface area contributed by atoms with E-state index in [9.17, 15) is 18.0 Å².